The molecule has 4 heteroatoms. The van der Waals surface area contributed by atoms with Gasteiger partial charge < -0.3 is 21.7 Å². The average molecular weight is 609 g/mol. The molecule has 6 N–H and O–H groups in total. The maximum absolute atomic E-state index is 10.8. The lowest BCUT2D eigenvalue weighted by Gasteiger charge is -2.35. The number of anilines is 2. The zero-order chi connectivity index (χ0) is 32.7. The summed E-state index contributed by atoms with van der Waals surface area (Å²) in [5, 5.41) is 21.5. The van der Waals surface area contributed by atoms with E-state index in [-0.39, 0.29) is 22.9 Å². The molecule has 1 aliphatic carbocycles. The van der Waals surface area contributed by atoms with Crippen molar-refractivity contribution in [1.82, 2.24) is 0 Å². The lowest BCUT2D eigenvalue weighted by molar-refractivity contribution is 0.473. The summed E-state index contributed by atoms with van der Waals surface area (Å²) in [7, 11) is 0. The molecular weight excluding hydrogens is 576 g/mol. The lowest BCUT2D eigenvalue weighted by atomic mass is 9.66. The van der Waals surface area contributed by atoms with Gasteiger partial charge in [-0.25, -0.2) is 0 Å². The molecule has 7 rings (SSSR count). The van der Waals surface area contributed by atoms with Gasteiger partial charge in [-0.3, -0.25) is 0 Å². The highest BCUT2D eigenvalue weighted by molar-refractivity contribution is 5.93. The van der Waals surface area contributed by atoms with Crippen molar-refractivity contribution in [3.63, 3.8) is 0 Å². The van der Waals surface area contributed by atoms with Gasteiger partial charge in [-0.1, -0.05) is 96.5 Å². The van der Waals surface area contributed by atoms with Gasteiger partial charge in [-0.15, -0.1) is 0 Å². The number of benzene rings is 6. The molecule has 1 aliphatic rings. The van der Waals surface area contributed by atoms with E-state index in [0.29, 0.717) is 11.1 Å². The van der Waals surface area contributed by atoms with Crippen molar-refractivity contribution in [3.05, 3.63) is 177 Å². The standard InChI is InChI=1S/C43H32N2O2/c1-27-23-33(25-37(44)41(27)46)43(34-24-28(2)42(47)38(45)26-34)35-17-9-15-31(21-19-29-11-5-3-6-12-29)39(35)40-32(16-10-18-36(40)43)22-20-30-13-7-4-8-14-30/h3-18,23-26,46-47H,44-45H2,1-2H3. The highest BCUT2D eigenvalue weighted by atomic mass is 16.3. The zero-order valence-electron chi connectivity index (χ0n) is 26.1. The van der Waals surface area contributed by atoms with Crippen LogP contribution < -0.4 is 11.5 Å². The fraction of sp³-hybridized carbons (Fsp3) is 0.0698. The minimum atomic E-state index is -0.932. The number of phenols is 2. The van der Waals surface area contributed by atoms with Gasteiger partial charge in [-0.05, 0) is 95.8 Å². The van der Waals surface area contributed by atoms with Crippen molar-refractivity contribution in [2.24, 2.45) is 0 Å². The predicted molar refractivity (Wildman–Crippen MR) is 190 cm³/mol. The van der Waals surface area contributed by atoms with Crippen LogP contribution >= 0.6 is 0 Å². The topological polar surface area (TPSA) is 92.5 Å². The number of phenolic OH excluding ortho intramolecular Hbond substituents is 2. The van der Waals surface area contributed by atoms with Gasteiger partial charge in [0.2, 0.25) is 0 Å². The maximum Gasteiger partial charge on any atom is 0.141 e. The fourth-order valence-electron chi connectivity index (χ4n) is 6.78. The quantitative estimate of drug-likeness (QED) is 0.0908. The van der Waals surface area contributed by atoms with E-state index in [1.807, 2.05) is 123 Å². The van der Waals surface area contributed by atoms with Crippen LogP contribution in [0.25, 0.3) is 11.1 Å². The third-order valence-electron chi connectivity index (χ3n) is 8.94. The molecule has 6 aromatic rings. The lowest BCUT2D eigenvalue weighted by Crippen LogP contribution is -2.29. The second-order valence-corrected chi connectivity index (χ2v) is 11.9. The van der Waals surface area contributed by atoms with Gasteiger partial charge in [0.15, 0.2) is 0 Å². The minimum Gasteiger partial charge on any atom is -0.506 e. The first-order chi connectivity index (χ1) is 22.8. The Balaban J connectivity index is 1.64. The van der Waals surface area contributed by atoms with Gasteiger partial charge in [0.05, 0.1) is 16.8 Å². The molecule has 0 saturated carbocycles. The molecule has 4 nitrogen and oxygen atoms in total. The monoisotopic (exact) mass is 608 g/mol. The number of aryl methyl sites for hydroxylation is 2. The predicted octanol–water partition coefficient (Wildman–Crippen LogP) is 8.04. The highest BCUT2D eigenvalue weighted by Gasteiger charge is 2.48. The number of hydrogen-bond acceptors (Lipinski definition) is 4. The summed E-state index contributed by atoms with van der Waals surface area (Å²) in [6, 6.07) is 39.9. The number of nitrogen functional groups attached to an aromatic ring is 2. The van der Waals surface area contributed by atoms with Crippen molar-refractivity contribution >= 4 is 11.4 Å². The summed E-state index contributed by atoms with van der Waals surface area (Å²) in [6.45, 7) is 3.69. The summed E-state index contributed by atoms with van der Waals surface area (Å²) in [4.78, 5) is 0. The third-order valence-corrected chi connectivity index (χ3v) is 8.94. The van der Waals surface area contributed by atoms with E-state index in [9.17, 15) is 10.2 Å². The summed E-state index contributed by atoms with van der Waals surface area (Å²) in [5.74, 6) is 13.8. The molecule has 0 atom stereocenters. The van der Waals surface area contributed by atoms with Crippen molar-refractivity contribution in [3.8, 4) is 46.3 Å². The first kappa shape index (κ1) is 29.4. The van der Waals surface area contributed by atoms with Crippen molar-refractivity contribution in [1.29, 1.82) is 0 Å². The molecule has 0 heterocycles. The Morgan fingerprint density at radius 2 is 0.894 bits per heavy atom. The molecule has 0 unspecified atom stereocenters. The molecule has 6 aromatic carbocycles. The van der Waals surface area contributed by atoms with E-state index in [1.165, 1.54) is 0 Å². The molecule has 0 saturated heterocycles. The maximum atomic E-state index is 10.8. The molecule has 0 radical (unpaired) electrons. The number of fused-ring (bicyclic) bond motifs is 3. The number of hydrogen-bond donors (Lipinski definition) is 4. The summed E-state index contributed by atoms with van der Waals surface area (Å²) >= 11 is 0. The van der Waals surface area contributed by atoms with Gasteiger partial charge in [0.25, 0.3) is 0 Å². The van der Waals surface area contributed by atoms with Gasteiger partial charge in [-0.2, -0.15) is 0 Å². The van der Waals surface area contributed by atoms with Crippen LogP contribution in [0.2, 0.25) is 0 Å². The van der Waals surface area contributed by atoms with Crippen LogP contribution in [0, 0.1) is 37.5 Å². The van der Waals surface area contributed by atoms with Gasteiger partial charge in [0.1, 0.15) is 11.5 Å². The Labute approximate surface area is 275 Å². The van der Waals surface area contributed by atoms with Crippen LogP contribution in [0.15, 0.2) is 121 Å². The van der Waals surface area contributed by atoms with Crippen molar-refractivity contribution in [2.45, 2.75) is 19.3 Å². The average Bonchev–Trinajstić information content (AvgIpc) is 3.40. The Bertz CT molecular complexity index is 2110. The Morgan fingerprint density at radius 1 is 0.489 bits per heavy atom. The first-order valence-corrected chi connectivity index (χ1v) is 15.4. The molecule has 0 amide bonds. The normalized spacial score (nSPS) is 12.2. The second kappa shape index (κ2) is 11.5. The van der Waals surface area contributed by atoms with Crippen LogP contribution in [0.3, 0.4) is 0 Å². The van der Waals surface area contributed by atoms with Crippen LogP contribution in [0.5, 0.6) is 11.5 Å². The van der Waals surface area contributed by atoms with E-state index in [2.05, 4.69) is 35.8 Å². The smallest absolute Gasteiger partial charge is 0.141 e. The number of rotatable bonds is 2. The minimum absolute atomic E-state index is 0.0497. The fourth-order valence-corrected chi connectivity index (χ4v) is 6.78. The Kier molecular flexibility index (Phi) is 7.20. The summed E-state index contributed by atoms with van der Waals surface area (Å²) in [5.41, 5.74) is 23.0. The SMILES string of the molecule is Cc1cc(C2(c3cc(C)c(O)c(N)c3)c3cccc(C#Cc4ccccc4)c3-c3c(C#Cc4ccccc4)cccc32)cc(N)c1O. The van der Waals surface area contributed by atoms with E-state index < -0.39 is 5.41 Å². The largest absolute Gasteiger partial charge is 0.506 e. The van der Waals surface area contributed by atoms with Gasteiger partial charge >= 0.3 is 0 Å². The molecule has 0 aromatic heterocycles. The third kappa shape index (κ3) is 4.85. The molecule has 0 fully saturated rings. The van der Waals surface area contributed by atoms with E-state index in [0.717, 1.165) is 55.6 Å². The number of aromatic hydroxyl groups is 2. The van der Waals surface area contributed by atoms with Crippen molar-refractivity contribution in [2.75, 3.05) is 11.5 Å². The second-order valence-electron chi connectivity index (χ2n) is 11.9. The Hall–Kier alpha value is -6.36. The Morgan fingerprint density at radius 3 is 1.28 bits per heavy atom. The highest BCUT2D eigenvalue weighted by Crippen LogP contribution is 2.59. The molecule has 0 bridgehead atoms. The molecule has 47 heavy (non-hydrogen) atoms. The van der Waals surface area contributed by atoms with Crippen LogP contribution in [0.4, 0.5) is 11.4 Å². The summed E-state index contributed by atoms with van der Waals surface area (Å²) < 4.78 is 0. The van der Waals surface area contributed by atoms with Gasteiger partial charge in [0, 0.05) is 33.4 Å². The zero-order valence-corrected chi connectivity index (χ0v) is 26.1. The number of nitrogens with two attached hydrogens (primary N) is 2. The molecule has 0 spiro atoms. The molecule has 0 aliphatic heterocycles. The summed E-state index contributed by atoms with van der Waals surface area (Å²) in [6.07, 6.45) is 0. The molecule has 226 valence electrons. The molecular formula is C43H32N2O2. The van der Waals surface area contributed by atoms with E-state index in [1.54, 1.807) is 0 Å². The van der Waals surface area contributed by atoms with Crippen LogP contribution in [-0.2, 0) is 5.41 Å². The van der Waals surface area contributed by atoms with Crippen molar-refractivity contribution < 1.29 is 10.2 Å². The first-order valence-electron chi connectivity index (χ1n) is 15.4. The van der Waals surface area contributed by atoms with Crippen LogP contribution in [-0.4, -0.2) is 10.2 Å². The van der Waals surface area contributed by atoms with E-state index in [4.69, 9.17) is 11.5 Å². The van der Waals surface area contributed by atoms with Crippen LogP contribution in [0.1, 0.15) is 55.6 Å². The van der Waals surface area contributed by atoms with E-state index >= 15 is 0 Å².